The second-order valence-corrected chi connectivity index (χ2v) is 4.22. The number of aliphatic hydroxyl groups excluding tert-OH is 1. The van der Waals surface area contributed by atoms with Crippen molar-refractivity contribution in [1.82, 2.24) is 20.3 Å². The summed E-state index contributed by atoms with van der Waals surface area (Å²) in [5.41, 5.74) is 1.82. The highest BCUT2D eigenvalue weighted by Crippen LogP contribution is 2.11. The van der Waals surface area contributed by atoms with Crippen LogP contribution in [-0.2, 0) is 19.6 Å². The molecule has 0 atom stereocenters. The minimum Gasteiger partial charge on any atom is -0.394 e. The molecule has 0 fully saturated rings. The molecule has 0 radical (unpaired) electrons. The number of rotatable bonds is 7. The molecule has 1 aromatic heterocycles. The zero-order valence-electron chi connectivity index (χ0n) is 10.8. The predicted molar refractivity (Wildman–Crippen MR) is 70.7 cm³/mol. The summed E-state index contributed by atoms with van der Waals surface area (Å²) in [7, 11) is 0. The number of nitro benzene ring substituents is 1. The van der Waals surface area contributed by atoms with Gasteiger partial charge in [0.15, 0.2) is 0 Å². The molecular weight excluding hydrogens is 262 g/mol. The summed E-state index contributed by atoms with van der Waals surface area (Å²) in [5, 5.41) is 30.3. The predicted octanol–water partition coefficient (Wildman–Crippen LogP) is 0.468. The first kappa shape index (κ1) is 14.1. The topological polar surface area (TPSA) is 106 Å². The normalized spacial score (nSPS) is 10.7. The maximum Gasteiger partial charge on any atom is 0.269 e. The SMILES string of the molecule is O=[N+]([O-])c1ccc(CNCc2cn(CCO)nn2)cc1. The van der Waals surface area contributed by atoms with E-state index in [-0.39, 0.29) is 12.3 Å². The Balaban J connectivity index is 1.81. The Morgan fingerprint density at radius 3 is 2.70 bits per heavy atom. The Bertz CT molecular complexity index is 567. The molecule has 0 aliphatic carbocycles. The van der Waals surface area contributed by atoms with Gasteiger partial charge in [0.25, 0.3) is 5.69 Å². The molecule has 2 rings (SSSR count). The lowest BCUT2D eigenvalue weighted by atomic mass is 10.2. The van der Waals surface area contributed by atoms with Gasteiger partial charge in [-0.3, -0.25) is 10.1 Å². The Morgan fingerprint density at radius 2 is 2.05 bits per heavy atom. The van der Waals surface area contributed by atoms with E-state index in [9.17, 15) is 10.1 Å². The molecule has 2 aromatic rings. The molecule has 0 aliphatic heterocycles. The average Bonchev–Trinajstić information content (AvgIpc) is 2.87. The molecule has 8 heteroatoms. The zero-order chi connectivity index (χ0) is 14.4. The van der Waals surface area contributed by atoms with Gasteiger partial charge in [-0.05, 0) is 5.56 Å². The van der Waals surface area contributed by atoms with Crippen molar-refractivity contribution in [2.24, 2.45) is 0 Å². The monoisotopic (exact) mass is 277 g/mol. The Hall–Kier alpha value is -2.32. The fourth-order valence-electron chi connectivity index (χ4n) is 1.70. The van der Waals surface area contributed by atoms with E-state index < -0.39 is 4.92 Å². The Labute approximate surface area is 115 Å². The van der Waals surface area contributed by atoms with Crippen LogP contribution in [0, 0.1) is 10.1 Å². The summed E-state index contributed by atoms with van der Waals surface area (Å²) >= 11 is 0. The van der Waals surface area contributed by atoms with Crippen LogP contribution in [0.5, 0.6) is 0 Å². The molecule has 0 bridgehead atoms. The Morgan fingerprint density at radius 1 is 1.30 bits per heavy atom. The van der Waals surface area contributed by atoms with Crippen LogP contribution >= 0.6 is 0 Å². The van der Waals surface area contributed by atoms with Crippen molar-refractivity contribution in [3.63, 3.8) is 0 Å². The van der Waals surface area contributed by atoms with Gasteiger partial charge < -0.3 is 10.4 Å². The van der Waals surface area contributed by atoms with Crippen LogP contribution in [0.15, 0.2) is 30.5 Å². The molecular formula is C12H15N5O3. The second kappa shape index (κ2) is 6.73. The summed E-state index contributed by atoms with van der Waals surface area (Å²) in [4.78, 5) is 10.1. The van der Waals surface area contributed by atoms with Gasteiger partial charge in [0.1, 0.15) is 0 Å². The first-order valence-electron chi connectivity index (χ1n) is 6.13. The second-order valence-electron chi connectivity index (χ2n) is 4.22. The molecule has 8 nitrogen and oxygen atoms in total. The fraction of sp³-hybridized carbons (Fsp3) is 0.333. The summed E-state index contributed by atoms with van der Waals surface area (Å²) in [6.45, 7) is 1.58. The van der Waals surface area contributed by atoms with E-state index in [4.69, 9.17) is 5.11 Å². The van der Waals surface area contributed by atoms with Crippen molar-refractivity contribution in [3.05, 3.63) is 51.8 Å². The minimum atomic E-state index is -0.420. The van der Waals surface area contributed by atoms with E-state index in [1.807, 2.05) is 0 Å². The van der Waals surface area contributed by atoms with E-state index >= 15 is 0 Å². The molecule has 0 aliphatic rings. The lowest BCUT2D eigenvalue weighted by molar-refractivity contribution is -0.384. The Kier molecular flexibility index (Phi) is 4.75. The third-order valence-corrected chi connectivity index (χ3v) is 2.70. The number of nitro groups is 1. The van der Waals surface area contributed by atoms with Crippen molar-refractivity contribution < 1.29 is 10.0 Å². The van der Waals surface area contributed by atoms with Crippen molar-refractivity contribution in [2.75, 3.05) is 6.61 Å². The van der Waals surface area contributed by atoms with Crippen LogP contribution in [0.3, 0.4) is 0 Å². The standard InChI is InChI=1S/C12H15N5O3/c18-6-5-16-9-11(14-15-16)8-13-7-10-1-3-12(4-2-10)17(19)20/h1-4,9,13,18H,5-8H2. The highest BCUT2D eigenvalue weighted by Gasteiger charge is 2.04. The number of nitrogens with zero attached hydrogens (tertiary/aromatic N) is 4. The maximum absolute atomic E-state index is 10.5. The molecule has 1 aromatic carbocycles. The highest BCUT2D eigenvalue weighted by molar-refractivity contribution is 5.32. The average molecular weight is 277 g/mol. The third-order valence-electron chi connectivity index (χ3n) is 2.70. The molecule has 0 saturated heterocycles. The van der Waals surface area contributed by atoms with Crippen LogP contribution < -0.4 is 5.32 Å². The van der Waals surface area contributed by atoms with E-state index in [1.54, 1.807) is 23.0 Å². The lowest BCUT2D eigenvalue weighted by Gasteiger charge is -2.02. The van der Waals surface area contributed by atoms with Gasteiger partial charge in [-0.1, -0.05) is 17.3 Å². The van der Waals surface area contributed by atoms with Crippen LogP contribution in [0.25, 0.3) is 0 Å². The first-order valence-corrected chi connectivity index (χ1v) is 6.13. The molecule has 0 saturated carbocycles. The smallest absolute Gasteiger partial charge is 0.269 e. The van der Waals surface area contributed by atoms with Gasteiger partial charge in [-0.15, -0.1) is 5.10 Å². The maximum atomic E-state index is 10.5. The van der Waals surface area contributed by atoms with Crippen molar-refractivity contribution in [3.8, 4) is 0 Å². The van der Waals surface area contributed by atoms with Gasteiger partial charge >= 0.3 is 0 Å². The molecule has 106 valence electrons. The minimum absolute atomic E-state index is 0.0268. The largest absolute Gasteiger partial charge is 0.394 e. The number of aromatic nitrogens is 3. The summed E-state index contributed by atoms with van der Waals surface area (Å²) < 4.78 is 1.57. The van der Waals surface area contributed by atoms with Crippen LogP contribution in [0.2, 0.25) is 0 Å². The number of non-ortho nitro benzene ring substituents is 1. The summed E-state index contributed by atoms with van der Waals surface area (Å²) in [5.74, 6) is 0. The molecule has 2 N–H and O–H groups in total. The van der Waals surface area contributed by atoms with E-state index in [2.05, 4.69) is 15.6 Å². The molecule has 0 unspecified atom stereocenters. The molecule has 20 heavy (non-hydrogen) atoms. The highest BCUT2D eigenvalue weighted by atomic mass is 16.6. The quantitative estimate of drug-likeness (QED) is 0.563. The third kappa shape index (κ3) is 3.84. The zero-order valence-corrected chi connectivity index (χ0v) is 10.8. The number of aliphatic hydroxyl groups is 1. The van der Waals surface area contributed by atoms with E-state index in [0.717, 1.165) is 11.3 Å². The van der Waals surface area contributed by atoms with E-state index in [0.29, 0.717) is 19.6 Å². The van der Waals surface area contributed by atoms with Crippen molar-refractivity contribution in [1.29, 1.82) is 0 Å². The summed E-state index contributed by atoms with van der Waals surface area (Å²) in [6, 6.07) is 6.39. The van der Waals surface area contributed by atoms with Gasteiger partial charge in [0.05, 0.1) is 23.8 Å². The lowest BCUT2D eigenvalue weighted by Crippen LogP contribution is -2.13. The van der Waals surface area contributed by atoms with Crippen molar-refractivity contribution >= 4 is 5.69 Å². The van der Waals surface area contributed by atoms with Gasteiger partial charge in [-0.25, -0.2) is 4.68 Å². The number of hydrogen-bond acceptors (Lipinski definition) is 6. The molecule has 0 spiro atoms. The van der Waals surface area contributed by atoms with Crippen LogP contribution in [0.4, 0.5) is 5.69 Å². The fourth-order valence-corrected chi connectivity index (χ4v) is 1.70. The van der Waals surface area contributed by atoms with Crippen molar-refractivity contribution in [2.45, 2.75) is 19.6 Å². The molecule has 1 heterocycles. The van der Waals surface area contributed by atoms with Gasteiger partial charge in [-0.2, -0.15) is 0 Å². The van der Waals surface area contributed by atoms with Crippen LogP contribution in [0.1, 0.15) is 11.3 Å². The van der Waals surface area contributed by atoms with Gasteiger partial charge in [0, 0.05) is 31.4 Å². The van der Waals surface area contributed by atoms with Gasteiger partial charge in [0.2, 0.25) is 0 Å². The summed E-state index contributed by atoms with van der Waals surface area (Å²) in [6.07, 6.45) is 1.76. The number of benzene rings is 1. The van der Waals surface area contributed by atoms with Crippen LogP contribution in [-0.4, -0.2) is 31.6 Å². The first-order chi connectivity index (χ1) is 9.69. The molecule has 0 amide bonds. The number of hydrogen-bond donors (Lipinski definition) is 2. The van der Waals surface area contributed by atoms with E-state index in [1.165, 1.54) is 12.1 Å². The number of nitrogens with one attached hydrogen (secondary N) is 1.